The predicted molar refractivity (Wildman–Crippen MR) is 112 cm³/mol. The van der Waals surface area contributed by atoms with Crippen LogP contribution in [0.4, 0.5) is 0 Å². The highest BCUT2D eigenvalue weighted by atomic mass is 127. The fourth-order valence-corrected chi connectivity index (χ4v) is 2.83. The second-order valence-corrected chi connectivity index (χ2v) is 7.48. The molecule has 1 heterocycles. The molecule has 0 fully saturated rings. The summed E-state index contributed by atoms with van der Waals surface area (Å²) in [5, 5.41) is 8.88. The maximum absolute atomic E-state index is 5.57. The van der Waals surface area contributed by atoms with Gasteiger partial charge in [-0.15, -0.1) is 35.3 Å². The summed E-state index contributed by atoms with van der Waals surface area (Å²) in [5.74, 6) is 1.45. The fraction of sp³-hybridized carbons (Fsp3) is 0.706. The maximum Gasteiger partial charge on any atom is 0.191 e. The standard InChI is InChI=1S/C17H31N3OS.HI/c1-14(2)12-21-10-7-9-19-16(18-5)20-13-17(3,4)15-8-6-11-22-15;/h6,8,11,14H,7,9-10,12-13H2,1-5H3,(H2,18,19,20);1H. The van der Waals surface area contributed by atoms with Crippen LogP contribution in [0.3, 0.4) is 0 Å². The average Bonchev–Trinajstić information content (AvgIpc) is 3.00. The van der Waals surface area contributed by atoms with E-state index in [1.807, 2.05) is 7.05 Å². The molecular formula is C17H32IN3OS. The maximum atomic E-state index is 5.57. The number of ether oxygens (including phenoxy) is 1. The third kappa shape index (κ3) is 9.52. The molecule has 1 aromatic rings. The van der Waals surface area contributed by atoms with Gasteiger partial charge in [-0.05, 0) is 23.8 Å². The summed E-state index contributed by atoms with van der Waals surface area (Å²) < 4.78 is 5.57. The lowest BCUT2D eigenvalue weighted by molar-refractivity contribution is 0.108. The monoisotopic (exact) mass is 453 g/mol. The third-order valence-corrected chi connectivity index (χ3v) is 4.55. The number of thiophene rings is 1. The van der Waals surface area contributed by atoms with E-state index in [0.29, 0.717) is 5.92 Å². The molecule has 6 heteroatoms. The number of aliphatic imine (C=N–C) groups is 1. The van der Waals surface area contributed by atoms with Crippen molar-refractivity contribution in [1.29, 1.82) is 0 Å². The van der Waals surface area contributed by atoms with E-state index in [9.17, 15) is 0 Å². The van der Waals surface area contributed by atoms with Gasteiger partial charge in [-0.2, -0.15) is 0 Å². The fourth-order valence-electron chi connectivity index (χ4n) is 1.98. The van der Waals surface area contributed by atoms with Crippen molar-refractivity contribution < 1.29 is 4.74 Å². The van der Waals surface area contributed by atoms with Crippen LogP contribution in [0.2, 0.25) is 0 Å². The molecule has 0 aliphatic heterocycles. The molecule has 0 aliphatic carbocycles. The molecule has 0 spiro atoms. The summed E-state index contributed by atoms with van der Waals surface area (Å²) in [4.78, 5) is 5.66. The first kappa shape index (κ1) is 22.7. The lowest BCUT2D eigenvalue weighted by Crippen LogP contribution is -2.43. The van der Waals surface area contributed by atoms with Gasteiger partial charge >= 0.3 is 0 Å². The number of hydrogen-bond donors (Lipinski definition) is 2. The summed E-state index contributed by atoms with van der Waals surface area (Å²) in [5.41, 5.74) is 0.103. The molecule has 23 heavy (non-hydrogen) atoms. The first-order valence-corrected chi connectivity index (χ1v) is 8.90. The van der Waals surface area contributed by atoms with Crippen molar-refractivity contribution in [2.45, 2.75) is 39.5 Å². The Morgan fingerprint density at radius 1 is 1.35 bits per heavy atom. The quantitative estimate of drug-likeness (QED) is 0.258. The van der Waals surface area contributed by atoms with Gasteiger partial charge in [0.05, 0.1) is 0 Å². The van der Waals surface area contributed by atoms with Crippen LogP contribution in [0, 0.1) is 5.92 Å². The summed E-state index contributed by atoms with van der Waals surface area (Å²) in [7, 11) is 1.81. The van der Waals surface area contributed by atoms with E-state index in [1.165, 1.54) is 4.88 Å². The minimum absolute atomic E-state index is 0. The predicted octanol–water partition coefficient (Wildman–Crippen LogP) is 3.87. The Kier molecular flexibility index (Phi) is 11.9. The number of hydrogen-bond acceptors (Lipinski definition) is 3. The highest BCUT2D eigenvalue weighted by Gasteiger charge is 2.21. The smallest absolute Gasteiger partial charge is 0.191 e. The van der Waals surface area contributed by atoms with Crippen molar-refractivity contribution in [3.05, 3.63) is 22.4 Å². The highest BCUT2D eigenvalue weighted by molar-refractivity contribution is 14.0. The molecule has 0 bridgehead atoms. The van der Waals surface area contributed by atoms with Crippen LogP contribution in [-0.2, 0) is 10.2 Å². The Morgan fingerprint density at radius 2 is 2.09 bits per heavy atom. The van der Waals surface area contributed by atoms with Gasteiger partial charge in [-0.25, -0.2) is 0 Å². The molecule has 2 N–H and O–H groups in total. The zero-order valence-corrected chi connectivity index (χ0v) is 18.2. The molecule has 0 radical (unpaired) electrons. The Morgan fingerprint density at radius 3 is 2.65 bits per heavy atom. The first-order chi connectivity index (χ1) is 10.5. The lowest BCUT2D eigenvalue weighted by atomic mass is 9.91. The van der Waals surface area contributed by atoms with Crippen molar-refractivity contribution in [3.8, 4) is 0 Å². The summed E-state index contributed by atoms with van der Waals surface area (Å²) in [6.07, 6.45) is 0.988. The van der Waals surface area contributed by atoms with Gasteiger partial charge in [0.15, 0.2) is 5.96 Å². The number of halogens is 1. The van der Waals surface area contributed by atoms with E-state index in [4.69, 9.17) is 4.74 Å². The average molecular weight is 453 g/mol. The van der Waals surface area contributed by atoms with Crippen LogP contribution in [0.1, 0.15) is 39.0 Å². The van der Waals surface area contributed by atoms with Gasteiger partial charge in [-0.1, -0.05) is 33.8 Å². The molecule has 0 saturated heterocycles. The Bertz CT molecular complexity index is 433. The Labute approximate surface area is 162 Å². The van der Waals surface area contributed by atoms with Crippen LogP contribution in [0.5, 0.6) is 0 Å². The van der Waals surface area contributed by atoms with Gasteiger partial charge in [0.25, 0.3) is 0 Å². The molecule has 0 unspecified atom stereocenters. The van der Waals surface area contributed by atoms with E-state index in [1.54, 1.807) is 11.3 Å². The number of guanidine groups is 1. The molecule has 1 aromatic heterocycles. The number of nitrogens with zero attached hydrogens (tertiary/aromatic N) is 1. The van der Waals surface area contributed by atoms with E-state index in [0.717, 1.165) is 38.7 Å². The van der Waals surface area contributed by atoms with Gasteiger partial charge in [-0.3, -0.25) is 4.99 Å². The van der Waals surface area contributed by atoms with Crippen molar-refractivity contribution in [1.82, 2.24) is 10.6 Å². The zero-order chi connectivity index (χ0) is 16.4. The zero-order valence-electron chi connectivity index (χ0n) is 15.0. The SMILES string of the molecule is CN=C(NCCCOCC(C)C)NCC(C)(C)c1cccs1.I. The molecular weight excluding hydrogens is 421 g/mol. The summed E-state index contributed by atoms with van der Waals surface area (Å²) >= 11 is 1.80. The van der Waals surface area contributed by atoms with E-state index in [-0.39, 0.29) is 29.4 Å². The Balaban J connectivity index is 0.00000484. The summed E-state index contributed by atoms with van der Waals surface area (Å²) in [6.45, 7) is 12.2. The minimum atomic E-state index is 0. The van der Waals surface area contributed by atoms with Gasteiger partial charge < -0.3 is 15.4 Å². The molecule has 0 aliphatic rings. The molecule has 0 atom stereocenters. The van der Waals surface area contributed by atoms with Crippen LogP contribution in [0.15, 0.2) is 22.5 Å². The molecule has 0 saturated carbocycles. The molecule has 1 rings (SSSR count). The Hall–Kier alpha value is -0.340. The van der Waals surface area contributed by atoms with Crippen molar-refractivity contribution in [2.75, 3.05) is 33.4 Å². The van der Waals surface area contributed by atoms with Crippen LogP contribution < -0.4 is 10.6 Å². The topological polar surface area (TPSA) is 45.7 Å². The second kappa shape index (κ2) is 12.1. The van der Waals surface area contributed by atoms with Crippen molar-refractivity contribution in [2.24, 2.45) is 10.9 Å². The lowest BCUT2D eigenvalue weighted by Gasteiger charge is -2.25. The van der Waals surface area contributed by atoms with E-state index >= 15 is 0 Å². The minimum Gasteiger partial charge on any atom is -0.381 e. The van der Waals surface area contributed by atoms with Gasteiger partial charge in [0, 0.05) is 43.6 Å². The van der Waals surface area contributed by atoms with Gasteiger partial charge in [0.1, 0.15) is 0 Å². The van der Waals surface area contributed by atoms with Crippen LogP contribution in [-0.4, -0.2) is 39.3 Å². The third-order valence-electron chi connectivity index (χ3n) is 3.32. The largest absolute Gasteiger partial charge is 0.381 e. The molecule has 134 valence electrons. The van der Waals surface area contributed by atoms with E-state index in [2.05, 4.69) is 60.8 Å². The highest BCUT2D eigenvalue weighted by Crippen LogP contribution is 2.26. The number of nitrogens with one attached hydrogen (secondary N) is 2. The van der Waals surface area contributed by atoms with Crippen molar-refractivity contribution in [3.63, 3.8) is 0 Å². The van der Waals surface area contributed by atoms with Gasteiger partial charge in [0.2, 0.25) is 0 Å². The second-order valence-electron chi connectivity index (χ2n) is 6.54. The summed E-state index contributed by atoms with van der Waals surface area (Å²) in [6, 6.07) is 4.29. The van der Waals surface area contributed by atoms with E-state index < -0.39 is 0 Å². The number of rotatable bonds is 9. The first-order valence-electron chi connectivity index (χ1n) is 8.02. The normalized spacial score (nSPS) is 12.2. The van der Waals surface area contributed by atoms with Crippen LogP contribution in [0.25, 0.3) is 0 Å². The van der Waals surface area contributed by atoms with Crippen LogP contribution >= 0.6 is 35.3 Å². The van der Waals surface area contributed by atoms with Crippen molar-refractivity contribution >= 4 is 41.3 Å². The molecule has 4 nitrogen and oxygen atoms in total. The molecule has 0 amide bonds. The molecule has 0 aromatic carbocycles.